The minimum atomic E-state index is 0.173. The highest BCUT2D eigenvalue weighted by atomic mass is 15.3. The number of anilines is 1. The van der Waals surface area contributed by atoms with Crippen LogP contribution in [0.15, 0.2) is 42.7 Å². The zero-order chi connectivity index (χ0) is 17.2. The van der Waals surface area contributed by atoms with E-state index < -0.39 is 0 Å². The molecule has 6 heteroatoms. The Kier molecular flexibility index (Phi) is 4.09. The van der Waals surface area contributed by atoms with Crippen LogP contribution in [0.25, 0.3) is 11.5 Å². The standard InChI is InChI=1S/C19H20N6/c1-13-12-14(2)23-19(22-13)25-11-5-7-17(25)15-8-10-21-18(24-15)16-6-3-4-9-20-16/h3-4,6,8-10,12,17H,5,7,11H2,1-2H3/t17-/m1/s1. The van der Waals surface area contributed by atoms with E-state index in [0.29, 0.717) is 5.82 Å². The smallest absolute Gasteiger partial charge is 0.226 e. The first-order valence-electron chi connectivity index (χ1n) is 8.54. The van der Waals surface area contributed by atoms with Gasteiger partial charge in [-0.05, 0) is 51.0 Å². The summed E-state index contributed by atoms with van der Waals surface area (Å²) in [6, 6.07) is 9.92. The molecule has 0 N–H and O–H groups in total. The van der Waals surface area contributed by atoms with Crippen LogP contribution in [0.5, 0.6) is 0 Å². The molecule has 3 aromatic rings. The van der Waals surface area contributed by atoms with Crippen LogP contribution in [0.3, 0.4) is 0 Å². The van der Waals surface area contributed by atoms with Crippen molar-refractivity contribution in [1.29, 1.82) is 0 Å². The van der Waals surface area contributed by atoms with Crippen LogP contribution < -0.4 is 4.90 Å². The van der Waals surface area contributed by atoms with Crippen LogP contribution in [0.4, 0.5) is 5.95 Å². The molecule has 1 aliphatic rings. The summed E-state index contributed by atoms with van der Waals surface area (Å²) in [6.45, 7) is 4.96. The van der Waals surface area contributed by atoms with E-state index in [4.69, 9.17) is 4.98 Å². The number of rotatable bonds is 3. The molecule has 0 unspecified atom stereocenters. The van der Waals surface area contributed by atoms with Crippen LogP contribution >= 0.6 is 0 Å². The topological polar surface area (TPSA) is 67.7 Å². The van der Waals surface area contributed by atoms with Crippen molar-refractivity contribution < 1.29 is 0 Å². The highest BCUT2D eigenvalue weighted by molar-refractivity contribution is 5.49. The molecule has 1 fully saturated rings. The molecule has 0 radical (unpaired) electrons. The van der Waals surface area contributed by atoms with Crippen molar-refractivity contribution in [1.82, 2.24) is 24.9 Å². The van der Waals surface area contributed by atoms with Crippen LogP contribution in [0.1, 0.15) is 36.0 Å². The van der Waals surface area contributed by atoms with Gasteiger partial charge in [-0.2, -0.15) is 0 Å². The maximum absolute atomic E-state index is 4.77. The summed E-state index contributed by atoms with van der Waals surface area (Å²) >= 11 is 0. The molecule has 4 heterocycles. The zero-order valence-electron chi connectivity index (χ0n) is 14.4. The predicted octanol–water partition coefficient (Wildman–Crippen LogP) is 3.29. The number of hydrogen-bond acceptors (Lipinski definition) is 6. The molecule has 0 amide bonds. The van der Waals surface area contributed by atoms with Gasteiger partial charge in [-0.1, -0.05) is 6.07 Å². The lowest BCUT2D eigenvalue weighted by Gasteiger charge is -2.24. The van der Waals surface area contributed by atoms with Crippen molar-refractivity contribution in [3.8, 4) is 11.5 Å². The fraction of sp³-hybridized carbons (Fsp3) is 0.316. The molecule has 0 bridgehead atoms. The molecular formula is C19H20N6. The van der Waals surface area contributed by atoms with Gasteiger partial charge in [0.15, 0.2) is 5.82 Å². The van der Waals surface area contributed by atoms with Crippen LogP contribution in [0.2, 0.25) is 0 Å². The molecule has 0 saturated carbocycles. The third kappa shape index (κ3) is 3.20. The zero-order valence-corrected chi connectivity index (χ0v) is 14.4. The first-order chi connectivity index (χ1) is 12.2. The molecule has 3 aromatic heterocycles. The maximum Gasteiger partial charge on any atom is 0.226 e. The lowest BCUT2D eigenvalue weighted by molar-refractivity contribution is 0.675. The van der Waals surface area contributed by atoms with Crippen molar-refractivity contribution >= 4 is 5.95 Å². The normalized spacial score (nSPS) is 17.0. The van der Waals surface area contributed by atoms with Gasteiger partial charge in [-0.3, -0.25) is 4.98 Å². The molecular weight excluding hydrogens is 312 g/mol. The van der Waals surface area contributed by atoms with Gasteiger partial charge in [0.05, 0.1) is 11.7 Å². The van der Waals surface area contributed by atoms with Gasteiger partial charge < -0.3 is 4.90 Å². The molecule has 25 heavy (non-hydrogen) atoms. The first kappa shape index (κ1) is 15.6. The van der Waals surface area contributed by atoms with Gasteiger partial charge in [-0.25, -0.2) is 19.9 Å². The molecule has 4 rings (SSSR count). The fourth-order valence-electron chi connectivity index (χ4n) is 3.33. The quantitative estimate of drug-likeness (QED) is 0.733. The molecule has 0 spiro atoms. The number of nitrogens with zero attached hydrogens (tertiary/aromatic N) is 6. The molecule has 1 aliphatic heterocycles. The number of aryl methyl sites for hydroxylation is 2. The minimum absolute atomic E-state index is 0.173. The Hall–Kier alpha value is -2.89. The summed E-state index contributed by atoms with van der Waals surface area (Å²) in [5, 5.41) is 0. The Morgan fingerprint density at radius 2 is 1.80 bits per heavy atom. The highest BCUT2D eigenvalue weighted by Gasteiger charge is 2.29. The molecule has 0 aromatic carbocycles. The van der Waals surface area contributed by atoms with Gasteiger partial charge in [0.2, 0.25) is 5.95 Å². The SMILES string of the molecule is Cc1cc(C)nc(N2CCC[C@@H]2c2ccnc(-c3ccccn3)n2)n1. The summed E-state index contributed by atoms with van der Waals surface area (Å²) < 4.78 is 0. The van der Waals surface area contributed by atoms with E-state index in [1.54, 1.807) is 6.20 Å². The lowest BCUT2D eigenvalue weighted by atomic mass is 10.1. The van der Waals surface area contributed by atoms with Crippen molar-refractivity contribution in [2.75, 3.05) is 11.4 Å². The third-order valence-electron chi connectivity index (χ3n) is 4.39. The van der Waals surface area contributed by atoms with E-state index in [0.717, 1.165) is 48.1 Å². The fourth-order valence-corrected chi connectivity index (χ4v) is 3.33. The van der Waals surface area contributed by atoms with E-state index in [2.05, 4.69) is 24.8 Å². The van der Waals surface area contributed by atoms with Gasteiger partial charge in [0.1, 0.15) is 5.69 Å². The minimum Gasteiger partial charge on any atom is -0.332 e. The molecule has 1 saturated heterocycles. The van der Waals surface area contributed by atoms with Crippen LogP contribution in [-0.4, -0.2) is 31.5 Å². The predicted molar refractivity (Wildman–Crippen MR) is 96.1 cm³/mol. The average Bonchev–Trinajstić information content (AvgIpc) is 3.12. The summed E-state index contributed by atoms with van der Waals surface area (Å²) in [4.78, 5) is 25.0. The summed E-state index contributed by atoms with van der Waals surface area (Å²) in [6.07, 6.45) is 5.71. The summed E-state index contributed by atoms with van der Waals surface area (Å²) in [5.74, 6) is 1.45. The van der Waals surface area contributed by atoms with Crippen molar-refractivity contribution in [3.05, 3.63) is 59.8 Å². The Labute approximate surface area is 147 Å². The largest absolute Gasteiger partial charge is 0.332 e. The van der Waals surface area contributed by atoms with Crippen molar-refractivity contribution in [2.45, 2.75) is 32.7 Å². The average molecular weight is 332 g/mol. The van der Waals surface area contributed by atoms with E-state index in [9.17, 15) is 0 Å². The van der Waals surface area contributed by atoms with Crippen molar-refractivity contribution in [3.63, 3.8) is 0 Å². The number of aromatic nitrogens is 5. The number of pyridine rings is 1. The monoisotopic (exact) mass is 332 g/mol. The van der Waals surface area contributed by atoms with E-state index >= 15 is 0 Å². The second kappa shape index (κ2) is 6.55. The van der Waals surface area contributed by atoms with E-state index in [1.807, 2.05) is 50.4 Å². The number of hydrogen-bond donors (Lipinski definition) is 0. The second-order valence-corrected chi connectivity index (χ2v) is 6.32. The van der Waals surface area contributed by atoms with Crippen LogP contribution in [0, 0.1) is 13.8 Å². The second-order valence-electron chi connectivity index (χ2n) is 6.32. The van der Waals surface area contributed by atoms with E-state index in [-0.39, 0.29) is 6.04 Å². The molecule has 6 nitrogen and oxygen atoms in total. The van der Waals surface area contributed by atoms with Crippen molar-refractivity contribution in [2.24, 2.45) is 0 Å². The highest BCUT2D eigenvalue weighted by Crippen LogP contribution is 2.34. The lowest BCUT2D eigenvalue weighted by Crippen LogP contribution is -2.26. The summed E-state index contributed by atoms with van der Waals surface area (Å²) in [7, 11) is 0. The molecule has 1 atom stereocenters. The Bertz CT molecular complexity index is 860. The van der Waals surface area contributed by atoms with Gasteiger partial charge in [0.25, 0.3) is 0 Å². The Morgan fingerprint density at radius 3 is 2.56 bits per heavy atom. The third-order valence-corrected chi connectivity index (χ3v) is 4.39. The Morgan fingerprint density at radius 1 is 0.960 bits per heavy atom. The van der Waals surface area contributed by atoms with Gasteiger partial charge >= 0.3 is 0 Å². The first-order valence-corrected chi connectivity index (χ1v) is 8.54. The van der Waals surface area contributed by atoms with Crippen LogP contribution in [-0.2, 0) is 0 Å². The van der Waals surface area contributed by atoms with Gasteiger partial charge in [-0.15, -0.1) is 0 Å². The van der Waals surface area contributed by atoms with Gasteiger partial charge in [0, 0.05) is 30.3 Å². The van der Waals surface area contributed by atoms with E-state index in [1.165, 1.54) is 0 Å². The maximum atomic E-state index is 4.77. The Balaban J connectivity index is 1.69. The molecule has 0 aliphatic carbocycles. The summed E-state index contributed by atoms with van der Waals surface area (Å²) in [5.41, 5.74) is 3.77. The molecule has 126 valence electrons.